The van der Waals surface area contributed by atoms with Crippen LogP contribution in [0.15, 0.2) is 18.2 Å². The van der Waals surface area contributed by atoms with Crippen LogP contribution in [0.2, 0.25) is 0 Å². The minimum atomic E-state index is -0.671. The molecule has 0 saturated carbocycles. The fourth-order valence-corrected chi connectivity index (χ4v) is 2.76. The molecule has 1 rings (SSSR count). The Morgan fingerprint density at radius 3 is 2.14 bits per heavy atom. The van der Waals surface area contributed by atoms with E-state index in [2.05, 4.69) is 10.6 Å². The van der Waals surface area contributed by atoms with Crippen LogP contribution in [0.3, 0.4) is 0 Å². The Kier molecular flexibility index (Phi) is 8.80. The Bertz CT molecular complexity index is 689. The van der Waals surface area contributed by atoms with Gasteiger partial charge in [0.05, 0.1) is 14.2 Å². The second-order valence-corrected chi connectivity index (χ2v) is 9.19. The summed E-state index contributed by atoms with van der Waals surface area (Å²) in [5.41, 5.74) is 0.246. The van der Waals surface area contributed by atoms with E-state index in [0.29, 0.717) is 30.9 Å². The van der Waals surface area contributed by atoms with Crippen molar-refractivity contribution in [3.63, 3.8) is 0 Å². The average molecular weight is 409 g/mol. The lowest BCUT2D eigenvalue weighted by Gasteiger charge is -2.27. The van der Waals surface area contributed by atoms with E-state index in [9.17, 15) is 9.59 Å². The quantitative estimate of drug-likeness (QED) is 0.685. The van der Waals surface area contributed by atoms with Gasteiger partial charge in [0, 0.05) is 6.54 Å². The molecule has 0 aliphatic rings. The largest absolute Gasteiger partial charge is 0.493 e. The van der Waals surface area contributed by atoms with Gasteiger partial charge in [0.1, 0.15) is 11.6 Å². The first-order chi connectivity index (χ1) is 13.3. The standard InChI is InChI=1S/C22H36N2O5/c1-21(2,3)14-16(24-20(26)29-22(4,5)6)19(25)23-12-11-15-9-10-17(27-7)18(13-15)28-8/h9-10,13,16H,11-12,14H2,1-8H3,(H,23,25)(H,24,26). The Morgan fingerprint density at radius 1 is 1.00 bits per heavy atom. The predicted octanol–water partition coefficient (Wildman–Crippen LogP) is 3.69. The van der Waals surface area contributed by atoms with E-state index < -0.39 is 17.7 Å². The van der Waals surface area contributed by atoms with Crippen LogP contribution in [-0.2, 0) is 16.0 Å². The molecule has 0 aliphatic heterocycles. The van der Waals surface area contributed by atoms with Crippen LogP contribution in [0.1, 0.15) is 53.5 Å². The topological polar surface area (TPSA) is 85.9 Å². The lowest BCUT2D eigenvalue weighted by molar-refractivity contribution is -0.123. The minimum absolute atomic E-state index is 0.139. The molecule has 2 N–H and O–H groups in total. The van der Waals surface area contributed by atoms with Crippen molar-refractivity contribution in [2.24, 2.45) is 5.41 Å². The zero-order chi connectivity index (χ0) is 22.2. The first-order valence-electron chi connectivity index (χ1n) is 9.83. The number of ether oxygens (including phenoxy) is 3. The summed E-state index contributed by atoms with van der Waals surface area (Å²) in [5, 5.41) is 5.61. The van der Waals surface area contributed by atoms with Crippen LogP contribution >= 0.6 is 0 Å². The number of methoxy groups -OCH3 is 2. The molecule has 0 saturated heterocycles. The van der Waals surface area contributed by atoms with E-state index in [0.717, 1.165) is 5.56 Å². The molecule has 0 aliphatic carbocycles. The van der Waals surface area contributed by atoms with E-state index in [1.165, 1.54) is 0 Å². The monoisotopic (exact) mass is 408 g/mol. The van der Waals surface area contributed by atoms with Gasteiger partial charge in [0.2, 0.25) is 5.91 Å². The highest BCUT2D eigenvalue weighted by Gasteiger charge is 2.28. The molecule has 1 aromatic rings. The second-order valence-electron chi connectivity index (χ2n) is 9.19. The van der Waals surface area contributed by atoms with Crippen molar-refractivity contribution in [1.82, 2.24) is 10.6 Å². The summed E-state index contributed by atoms with van der Waals surface area (Å²) in [6.07, 6.45) is 0.525. The molecule has 0 radical (unpaired) electrons. The molecule has 0 aromatic heterocycles. The van der Waals surface area contributed by atoms with Crippen molar-refractivity contribution in [3.05, 3.63) is 23.8 Å². The van der Waals surface area contributed by atoms with Gasteiger partial charge < -0.3 is 24.8 Å². The van der Waals surface area contributed by atoms with Gasteiger partial charge in [0.15, 0.2) is 11.5 Å². The number of amides is 2. The van der Waals surface area contributed by atoms with Gasteiger partial charge in [-0.2, -0.15) is 0 Å². The van der Waals surface area contributed by atoms with Gasteiger partial charge in [-0.15, -0.1) is 0 Å². The third kappa shape index (κ3) is 9.54. The number of carbonyl (C=O) groups excluding carboxylic acids is 2. The van der Waals surface area contributed by atoms with Crippen molar-refractivity contribution in [2.45, 2.75) is 66.0 Å². The molecule has 2 amide bonds. The molecule has 0 heterocycles. The Morgan fingerprint density at radius 2 is 1.62 bits per heavy atom. The molecule has 0 spiro atoms. The molecule has 7 heteroatoms. The maximum absolute atomic E-state index is 12.7. The van der Waals surface area contributed by atoms with Crippen LogP contribution in [0, 0.1) is 5.41 Å². The number of hydrogen-bond donors (Lipinski definition) is 2. The Labute approximate surface area is 174 Å². The molecule has 0 bridgehead atoms. The highest BCUT2D eigenvalue weighted by Crippen LogP contribution is 2.27. The van der Waals surface area contributed by atoms with E-state index in [4.69, 9.17) is 14.2 Å². The molecule has 7 nitrogen and oxygen atoms in total. The van der Waals surface area contributed by atoms with E-state index >= 15 is 0 Å². The fraction of sp³-hybridized carbons (Fsp3) is 0.636. The molecule has 1 atom stereocenters. The van der Waals surface area contributed by atoms with E-state index in [1.54, 1.807) is 35.0 Å². The molecule has 164 valence electrons. The summed E-state index contributed by atoms with van der Waals surface area (Å²) in [4.78, 5) is 24.9. The molecule has 1 unspecified atom stereocenters. The van der Waals surface area contributed by atoms with Crippen LogP contribution in [0.5, 0.6) is 11.5 Å². The summed E-state index contributed by atoms with van der Waals surface area (Å²) >= 11 is 0. The third-order valence-corrected chi connectivity index (χ3v) is 3.98. The van der Waals surface area contributed by atoms with E-state index in [1.807, 2.05) is 39.0 Å². The molecule has 1 aromatic carbocycles. The van der Waals surface area contributed by atoms with E-state index in [-0.39, 0.29) is 11.3 Å². The second kappa shape index (κ2) is 10.4. The number of rotatable bonds is 8. The summed E-state index contributed by atoms with van der Waals surface area (Å²) in [7, 11) is 3.17. The highest BCUT2D eigenvalue weighted by atomic mass is 16.6. The van der Waals surface area contributed by atoms with Crippen molar-refractivity contribution in [1.29, 1.82) is 0 Å². The zero-order valence-electron chi connectivity index (χ0n) is 19.0. The zero-order valence-corrected chi connectivity index (χ0v) is 19.0. The van der Waals surface area contributed by atoms with Crippen LogP contribution in [0.4, 0.5) is 4.79 Å². The van der Waals surface area contributed by atoms with Crippen LogP contribution in [-0.4, -0.2) is 44.4 Å². The number of hydrogen-bond acceptors (Lipinski definition) is 5. The SMILES string of the molecule is COc1ccc(CCNC(=O)C(CC(C)(C)C)NC(=O)OC(C)(C)C)cc1OC. The van der Waals surface area contributed by atoms with Gasteiger partial charge in [-0.1, -0.05) is 26.8 Å². The van der Waals surface area contributed by atoms with Crippen LogP contribution in [0.25, 0.3) is 0 Å². The molecule has 29 heavy (non-hydrogen) atoms. The summed E-state index contributed by atoms with van der Waals surface area (Å²) in [6, 6.07) is 4.98. The maximum Gasteiger partial charge on any atom is 0.408 e. The van der Waals surface area contributed by atoms with Crippen molar-refractivity contribution < 1.29 is 23.8 Å². The Balaban J connectivity index is 2.71. The summed E-state index contributed by atoms with van der Waals surface area (Å²) < 4.78 is 15.8. The number of benzene rings is 1. The van der Waals surface area contributed by atoms with Crippen molar-refractivity contribution in [3.8, 4) is 11.5 Å². The number of nitrogens with one attached hydrogen (secondary N) is 2. The smallest absolute Gasteiger partial charge is 0.408 e. The Hall–Kier alpha value is -2.44. The highest BCUT2D eigenvalue weighted by molar-refractivity contribution is 5.85. The van der Waals surface area contributed by atoms with Gasteiger partial charge in [0.25, 0.3) is 0 Å². The van der Waals surface area contributed by atoms with Gasteiger partial charge in [-0.05, 0) is 56.7 Å². The first kappa shape index (κ1) is 24.6. The lowest BCUT2D eigenvalue weighted by Crippen LogP contribution is -2.50. The third-order valence-electron chi connectivity index (χ3n) is 3.98. The lowest BCUT2D eigenvalue weighted by atomic mass is 9.88. The minimum Gasteiger partial charge on any atom is -0.493 e. The van der Waals surface area contributed by atoms with Gasteiger partial charge in [-0.25, -0.2) is 4.79 Å². The normalized spacial score (nSPS) is 12.7. The van der Waals surface area contributed by atoms with Crippen molar-refractivity contribution >= 4 is 12.0 Å². The predicted molar refractivity (Wildman–Crippen MR) is 113 cm³/mol. The first-order valence-corrected chi connectivity index (χ1v) is 9.83. The van der Waals surface area contributed by atoms with Gasteiger partial charge in [-0.3, -0.25) is 4.79 Å². The fourth-order valence-electron chi connectivity index (χ4n) is 2.76. The molecular formula is C22H36N2O5. The average Bonchev–Trinajstić information content (AvgIpc) is 2.58. The number of alkyl carbamates (subject to hydrolysis) is 1. The molecule has 0 fully saturated rings. The molecular weight excluding hydrogens is 372 g/mol. The van der Waals surface area contributed by atoms with Crippen LogP contribution < -0.4 is 20.1 Å². The number of carbonyl (C=O) groups is 2. The summed E-state index contributed by atoms with van der Waals surface area (Å²) in [5.74, 6) is 1.08. The van der Waals surface area contributed by atoms with Gasteiger partial charge >= 0.3 is 6.09 Å². The van der Waals surface area contributed by atoms with Crippen molar-refractivity contribution in [2.75, 3.05) is 20.8 Å². The maximum atomic E-state index is 12.7. The summed E-state index contributed by atoms with van der Waals surface area (Å²) in [6.45, 7) is 11.9.